The summed E-state index contributed by atoms with van der Waals surface area (Å²) in [6, 6.07) is 56.2. The highest BCUT2D eigenvalue weighted by molar-refractivity contribution is 7.26. The molecular formula is C45H31NS. The van der Waals surface area contributed by atoms with Gasteiger partial charge in [0.25, 0.3) is 0 Å². The first kappa shape index (κ1) is 26.7. The molecule has 0 bridgehead atoms. The first-order valence-electron chi connectivity index (χ1n) is 16.4. The minimum Gasteiger partial charge on any atom is -0.309 e. The van der Waals surface area contributed by atoms with Crippen LogP contribution in [0.5, 0.6) is 0 Å². The van der Waals surface area contributed by atoms with Crippen molar-refractivity contribution in [3.05, 3.63) is 163 Å². The number of nitrogens with zero attached hydrogens (tertiary/aromatic N) is 1. The summed E-state index contributed by atoms with van der Waals surface area (Å²) < 4.78 is 5.15. The zero-order chi connectivity index (χ0) is 31.3. The van der Waals surface area contributed by atoms with Gasteiger partial charge in [0.05, 0.1) is 11.0 Å². The average Bonchev–Trinajstić information content (AvgIpc) is 3.74. The highest BCUT2D eigenvalue weighted by Crippen LogP contribution is 2.52. The van der Waals surface area contributed by atoms with Gasteiger partial charge in [0, 0.05) is 42.0 Å². The monoisotopic (exact) mass is 617 g/mol. The van der Waals surface area contributed by atoms with Crippen LogP contribution in [0, 0.1) is 0 Å². The van der Waals surface area contributed by atoms with E-state index in [1.54, 1.807) is 0 Å². The van der Waals surface area contributed by atoms with Gasteiger partial charge in [0.2, 0.25) is 0 Å². The van der Waals surface area contributed by atoms with Crippen molar-refractivity contribution in [3.63, 3.8) is 0 Å². The van der Waals surface area contributed by atoms with Crippen LogP contribution in [-0.4, -0.2) is 4.57 Å². The lowest BCUT2D eigenvalue weighted by molar-refractivity contribution is 0.660. The molecule has 0 spiro atoms. The van der Waals surface area contributed by atoms with Gasteiger partial charge < -0.3 is 4.57 Å². The van der Waals surface area contributed by atoms with Gasteiger partial charge in [0.15, 0.2) is 0 Å². The van der Waals surface area contributed by atoms with E-state index in [0.717, 1.165) is 0 Å². The summed E-state index contributed by atoms with van der Waals surface area (Å²) in [5.41, 5.74) is 14.2. The Kier molecular flexibility index (Phi) is 5.57. The summed E-state index contributed by atoms with van der Waals surface area (Å²) in [6.07, 6.45) is 0. The van der Waals surface area contributed by atoms with E-state index in [1.807, 2.05) is 11.3 Å². The number of fused-ring (bicyclic) bond motifs is 10. The summed E-state index contributed by atoms with van der Waals surface area (Å²) in [5.74, 6) is 0. The fourth-order valence-electron chi connectivity index (χ4n) is 8.16. The molecule has 1 aliphatic rings. The Morgan fingerprint density at radius 1 is 0.468 bits per heavy atom. The molecule has 1 aliphatic carbocycles. The maximum Gasteiger partial charge on any atom is 0.0640 e. The van der Waals surface area contributed by atoms with Crippen LogP contribution < -0.4 is 0 Å². The zero-order valence-corrected chi connectivity index (χ0v) is 27.1. The van der Waals surface area contributed by atoms with Crippen LogP contribution in [0.1, 0.15) is 25.0 Å². The van der Waals surface area contributed by atoms with Crippen LogP contribution in [0.2, 0.25) is 0 Å². The number of rotatable bonds is 3. The number of thiophene rings is 1. The molecule has 0 fully saturated rings. The van der Waals surface area contributed by atoms with Crippen molar-refractivity contribution in [3.8, 4) is 39.1 Å². The molecule has 2 heteroatoms. The Morgan fingerprint density at radius 2 is 1.13 bits per heavy atom. The highest BCUT2D eigenvalue weighted by atomic mass is 32.1. The Bertz CT molecular complexity index is 2690. The Labute approximate surface area is 278 Å². The van der Waals surface area contributed by atoms with Crippen molar-refractivity contribution >= 4 is 53.3 Å². The molecule has 0 atom stereocenters. The number of hydrogen-bond donors (Lipinski definition) is 0. The molecule has 10 rings (SSSR count). The lowest BCUT2D eigenvalue weighted by Gasteiger charge is -2.22. The molecular weight excluding hydrogens is 587 g/mol. The Hall–Kier alpha value is -5.44. The topological polar surface area (TPSA) is 4.93 Å². The summed E-state index contributed by atoms with van der Waals surface area (Å²) in [6.45, 7) is 4.74. The normalized spacial score (nSPS) is 13.5. The van der Waals surface area contributed by atoms with Crippen LogP contribution in [0.4, 0.5) is 0 Å². The third-order valence-electron chi connectivity index (χ3n) is 10.4. The van der Waals surface area contributed by atoms with E-state index < -0.39 is 0 Å². The Balaban J connectivity index is 1.30. The third-order valence-corrected chi connectivity index (χ3v) is 11.5. The van der Waals surface area contributed by atoms with Gasteiger partial charge in [-0.3, -0.25) is 0 Å². The van der Waals surface area contributed by atoms with Gasteiger partial charge in [-0.15, -0.1) is 11.3 Å². The van der Waals surface area contributed by atoms with E-state index in [1.165, 1.54) is 92.2 Å². The number of para-hydroxylation sites is 1. The van der Waals surface area contributed by atoms with Crippen LogP contribution >= 0.6 is 11.3 Å². The Morgan fingerprint density at radius 3 is 1.98 bits per heavy atom. The van der Waals surface area contributed by atoms with Crippen molar-refractivity contribution in [2.45, 2.75) is 19.3 Å². The van der Waals surface area contributed by atoms with Crippen molar-refractivity contribution in [2.24, 2.45) is 0 Å². The maximum atomic E-state index is 2.51. The molecule has 2 heterocycles. The molecule has 0 aliphatic heterocycles. The van der Waals surface area contributed by atoms with Crippen LogP contribution in [0.3, 0.4) is 0 Å². The molecule has 0 N–H and O–H groups in total. The first-order valence-corrected chi connectivity index (χ1v) is 17.2. The van der Waals surface area contributed by atoms with Gasteiger partial charge in [-0.25, -0.2) is 0 Å². The number of hydrogen-bond acceptors (Lipinski definition) is 1. The minimum absolute atomic E-state index is 0.0583. The van der Waals surface area contributed by atoms with Crippen molar-refractivity contribution < 1.29 is 0 Å². The molecule has 7 aromatic carbocycles. The van der Waals surface area contributed by atoms with E-state index in [-0.39, 0.29) is 5.41 Å². The van der Waals surface area contributed by atoms with Crippen molar-refractivity contribution in [2.75, 3.05) is 0 Å². The zero-order valence-electron chi connectivity index (χ0n) is 26.3. The highest BCUT2D eigenvalue weighted by Gasteiger charge is 2.35. The lowest BCUT2D eigenvalue weighted by Crippen LogP contribution is -2.14. The van der Waals surface area contributed by atoms with E-state index in [2.05, 4.69) is 170 Å². The molecule has 1 nitrogen and oxygen atoms in total. The molecule has 0 unspecified atom stereocenters. The number of benzene rings is 7. The summed E-state index contributed by atoms with van der Waals surface area (Å²) >= 11 is 1.90. The second-order valence-electron chi connectivity index (χ2n) is 13.3. The smallest absolute Gasteiger partial charge is 0.0640 e. The van der Waals surface area contributed by atoms with Gasteiger partial charge >= 0.3 is 0 Å². The van der Waals surface area contributed by atoms with Crippen LogP contribution in [0.15, 0.2) is 152 Å². The van der Waals surface area contributed by atoms with Gasteiger partial charge in [-0.05, 0) is 80.9 Å². The fraction of sp³-hybridized carbons (Fsp3) is 0.0667. The van der Waals surface area contributed by atoms with Gasteiger partial charge in [-0.2, -0.15) is 0 Å². The van der Waals surface area contributed by atoms with Crippen molar-refractivity contribution in [1.29, 1.82) is 0 Å². The van der Waals surface area contributed by atoms with Gasteiger partial charge in [0.1, 0.15) is 0 Å². The SMILES string of the molecule is CC1(C)c2ccccc2-c2ccc(-c3cc4sc5ccccc5c4c4c3c3ccccc3n4-c3ccc(-c4ccccc4)cc3)cc21. The third kappa shape index (κ3) is 3.77. The minimum atomic E-state index is -0.0583. The second-order valence-corrected chi connectivity index (χ2v) is 14.4. The van der Waals surface area contributed by atoms with Crippen molar-refractivity contribution in [1.82, 2.24) is 4.57 Å². The molecule has 222 valence electrons. The maximum absolute atomic E-state index is 2.51. The molecule has 47 heavy (non-hydrogen) atoms. The van der Waals surface area contributed by atoms with Crippen LogP contribution in [-0.2, 0) is 5.41 Å². The summed E-state index contributed by atoms with van der Waals surface area (Å²) in [7, 11) is 0. The van der Waals surface area contributed by atoms with E-state index in [9.17, 15) is 0 Å². The fourth-order valence-corrected chi connectivity index (χ4v) is 9.31. The summed E-state index contributed by atoms with van der Waals surface area (Å²) in [5, 5.41) is 5.25. The average molecular weight is 618 g/mol. The lowest BCUT2D eigenvalue weighted by atomic mass is 9.81. The molecule has 9 aromatic rings. The first-order chi connectivity index (χ1) is 23.1. The number of aromatic nitrogens is 1. The second kappa shape index (κ2) is 9.78. The van der Waals surface area contributed by atoms with E-state index >= 15 is 0 Å². The quantitative estimate of drug-likeness (QED) is 0.186. The molecule has 2 aromatic heterocycles. The van der Waals surface area contributed by atoms with E-state index in [4.69, 9.17) is 0 Å². The molecule has 0 radical (unpaired) electrons. The predicted molar refractivity (Wildman–Crippen MR) is 202 cm³/mol. The largest absolute Gasteiger partial charge is 0.309 e. The predicted octanol–water partition coefficient (Wildman–Crippen LogP) is 12.8. The molecule has 0 saturated carbocycles. The van der Waals surface area contributed by atoms with E-state index in [0.29, 0.717) is 0 Å². The van der Waals surface area contributed by atoms with Gasteiger partial charge in [-0.1, -0.05) is 129 Å². The standard InChI is InChI=1S/C45H31NS/c1-45(2)37-17-9-6-14-32(37)33-25-22-30(26-38(33)45)36-27-41-43(35-16-8-11-19-40(35)47-41)44-42(36)34-15-7-10-18-39(34)46(44)31-23-20-29(21-24-31)28-12-4-3-5-13-28/h3-27H,1-2H3. The summed E-state index contributed by atoms with van der Waals surface area (Å²) in [4.78, 5) is 0. The van der Waals surface area contributed by atoms with Crippen LogP contribution in [0.25, 0.3) is 81.0 Å². The molecule has 0 amide bonds. The molecule has 0 saturated heterocycles.